The molecule has 120 valence electrons. The van der Waals surface area contributed by atoms with Crippen LogP contribution in [-0.2, 0) is 9.47 Å². The van der Waals surface area contributed by atoms with Crippen LogP contribution in [0.3, 0.4) is 0 Å². The van der Waals surface area contributed by atoms with Crippen LogP contribution in [0.15, 0.2) is 10.9 Å². The summed E-state index contributed by atoms with van der Waals surface area (Å²) in [5.74, 6) is 0.740. The van der Waals surface area contributed by atoms with Gasteiger partial charge < -0.3 is 19.4 Å². The van der Waals surface area contributed by atoms with Crippen molar-refractivity contribution in [1.29, 1.82) is 0 Å². The fourth-order valence-electron chi connectivity index (χ4n) is 2.70. The number of amides is 1. The zero-order valence-electron chi connectivity index (χ0n) is 12.7. The van der Waals surface area contributed by atoms with Crippen molar-refractivity contribution in [3.8, 4) is 0 Å². The van der Waals surface area contributed by atoms with Crippen LogP contribution in [0.5, 0.6) is 0 Å². The first kappa shape index (κ1) is 15.2. The van der Waals surface area contributed by atoms with E-state index in [2.05, 4.69) is 9.97 Å². The number of hydrogen-bond acceptors (Lipinski definition) is 5. The van der Waals surface area contributed by atoms with Crippen molar-refractivity contribution in [2.45, 2.75) is 31.2 Å². The van der Waals surface area contributed by atoms with E-state index in [4.69, 9.17) is 9.47 Å². The van der Waals surface area contributed by atoms with Crippen LogP contribution in [0, 0.1) is 0 Å². The summed E-state index contributed by atoms with van der Waals surface area (Å²) in [7, 11) is 1.63. The molecule has 0 radical (unpaired) electrons. The lowest BCUT2D eigenvalue weighted by Crippen LogP contribution is -2.49. The Labute approximate surface area is 128 Å². The van der Waals surface area contributed by atoms with Gasteiger partial charge in [-0.1, -0.05) is 0 Å². The molecule has 0 spiro atoms. The highest BCUT2D eigenvalue weighted by molar-refractivity contribution is 5.92. The third-order valence-electron chi connectivity index (χ3n) is 4.09. The molecule has 1 aromatic rings. The van der Waals surface area contributed by atoms with E-state index in [9.17, 15) is 9.59 Å². The van der Waals surface area contributed by atoms with Gasteiger partial charge in [-0.25, -0.2) is 4.98 Å². The normalized spacial score (nSPS) is 21.9. The number of hydrogen-bond donors (Lipinski definition) is 1. The Hall–Kier alpha value is -1.73. The lowest BCUT2D eigenvalue weighted by molar-refractivity contribution is -0.0107. The minimum atomic E-state index is -0.262. The van der Waals surface area contributed by atoms with Gasteiger partial charge in [0.15, 0.2) is 0 Å². The van der Waals surface area contributed by atoms with Crippen LogP contribution in [0.1, 0.15) is 41.5 Å². The predicted octanol–water partition coefficient (Wildman–Crippen LogP) is 0.525. The smallest absolute Gasteiger partial charge is 0.273 e. The maximum absolute atomic E-state index is 12.7. The quantitative estimate of drug-likeness (QED) is 0.857. The van der Waals surface area contributed by atoms with Crippen LogP contribution in [0.25, 0.3) is 0 Å². The number of H-pyrrole nitrogens is 1. The Bertz CT molecular complexity index is 597. The molecule has 1 aliphatic heterocycles. The molecule has 1 saturated heterocycles. The van der Waals surface area contributed by atoms with E-state index < -0.39 is 0 Å². The summed E-state index contributed by atoms with van der Waals surface area (Å²) in [5, 5.41) is 0. The zero-order valence-corrected chi connectivity index (χ0v) is 12.7. The summed E-state index contributed by atoms with van der Waals surface area (Å²) in [5.41, 5.74) is -0.0306. The summed E-state index contributed by atoms with van der Waals surface area (Å²) in [4.78, 5) is 33.4. The monoisotopic (exact) mass is 307 g/mol. The molecule has 2 fully saturated rings. The van der Waals surface area contributed by atoms with E-state index in [1.807, 2.05) is 0 Å². The largest absolute Gasteiger partial charge is 0.385 e. The van der Waals surface area contributed by atoms with E-state index in [0.717, 1.165) is 12.8 Å². The molecule has 0 aromatic carbocycles. The zero-order chi connectivity index (χ0) is 15.5. The predicted molar refractivity (Wildman–Crippen MR) is 79.0 cm³/mol. The van der Waals surface area contributed by atoms with E-state index in [-0.39, 0.29) is 23.2 Å². The molecular formula is C15H21N3O4. The molecular weight excluding hydrogens is 286 g/mol. The van der Waals surface area contributed by atoms with Crippen molar-refractivity contribution in [2.75, 3.05) is 33.5 Å². The van der Waals surface area contributed by atoms with Gasteiger partial charge in [0.2, 0.25) is 0 Å². The number of morpholine rings is 1. The first-order valence-electron chi connectivity index (χ1n) is 7.68. The SMILES string of the molecule is COCCC1COCCN1C(=O)c1cc(=O)[nH]c(C2CC2)n1. The van der Waals surface area contributed by atoms with E-state index in [1.165, 1.54) is 6.07 Å². The number of ether oxygens (including phenoxy) is 2. The number of nitrogens with zero attached hydrogens (tertiary/aromatic N) is 2. The fraction of sp³-hybridized carbons (Fsp3) is 0.667. The maximum atomic E-state index is 12.7. The summed E-state index contributed by atoms with van der Waals surface area (Å²) in [6, 6.07) is 1.25. The number of aromatic amines is 1. The first-order chi connectivity index (χ1) is 10.7. The average Bonchev–Trinajstić information content (AvgIpc) is 3.37. The number of nitrogens with one attached hydrogen (secondary N) is 1. The lowest BCUT2D eigenvalue weighted by atomic mass is 10.1. The molecule has 1 unspecified atom stereocenters. The molecule has 2 heterocycles. The van der Waals surface area contributed by atoms with E-state index in [0.29, 0.717) is 44.5 Å². The van der Waals surface area contributed by atoms with Gasteiger partial charge in [0, 0.05) is 32.2 Å². The number of aromatic nitrogens is 2. The van der Waals surface area contributed by atoms with Gasteiger partial charge in [0.05, 0.1) is 19.3 Å². The van der Waals surface area contributed by atoms with Gasteiger partial charge in [0.1, 0.15) is 11.5 Å². The second kappa shape index (κ2) is 6.58. The highest BCUT2D eigenvalue weighted by Gasteiger charge is 2.31. The molecule has 7 heteroatoms. The molecule has 3 rings (SSSR count). The molecule has 2 aliphatic rings. The van der Waals surface area contributed by atoms with Gasteiger partial charge in [-0.05, 0) is 19.3 Å². The molecule has 1 N–H and O–H groups in total. The summed E-state index contributed by atoms with van der Waals surface area (Å²) < 4.78 is 10.5. The Morgan fingerprint density at radius 1 is 1.55 bits per heavy atom. The van der Waals surface area contributed by atoms with Gasteiger partial charge in [-0.15, -0.1) is 0 Å². The molecule has 7 nitrogen and oxygen atoms in total. The van der Waals surface area contributed by atoms with Crippen LogP contribution in [0.2, 0.25) is 0 Å². The Balaban J connectivity index is 1.80. The number of carbonyl (C=O) groups excluding carboxylic acids is 1. The molecule has 1 amide bonds. The Kier molecular flexibility index (Phi) is 4.54. The van der Waals surface area contributed by atoms with Gasteiger partial charge in [0.25, 0.3) is 11.5 Å². The molecule has 1 aromatic heterocycles. The summed E-state index contributed by atoms with van der Waals surface area (Å²) in [6.45, 7) is 2.08. The number of rotatable bonds is 5. The average molecular weight is 307 g/mol. The van der Waals surface area contributed by atoms with Crippen molar-refractivity contribution in [2.24, 2.45) is 0 Å². The van der Waals surface area contributed by atoms with Crippen LogP contribution < -0.4 is 5.56 Å². The van der Waals surface area contributed by atoms with Gasteiger partial charge >= 0.3 is 0 Å². The van der Waals surface area contributed by atoms with E-state index >= 15 is 0 Å². The van der Waals surface area contributed by atoms with Crippen LogP contribution >= 0.6 is 0 Å². The molecule has 1 saturated carbocycles. The molecule has 1 aliphatic carbocycles. The van der Waals surface area contributed by atoms with Crippen LogP contribution in [-0.4, -0.2) is 60.3 Å². The van der Waals surface area contributed by atoms with Gasteiger partial charge in [-0.3, -0.25) is 9.59 Å². The second-order valence-corrected chi connectivity index (χ2v) is 5.80. The fourth-order valence-corrected chi connectivity index (χ4v) is 2.70. The van der Waals surface area contributed by atoms with Crippen molar-refractivity contribution in [1.82, 2.24) is 14.9 Å². The van der Waals surface area contributed by atoms with Crippen molar-refractivity contribution >= 4 is 5.91 Å². The van der Waals surface area contributed by atoms with Crippen molar-refractivity contribution in [3.63, 3.8) is 0 Å². The Morgan fingerprint density at radius 3 is 3.09 bits per heavy atom. The highest BCUT2D eigenvalue weighted by atomic mass is 16.5. The first-order valence-corrected chi connectivity index (χ1v) is 7.68. The molecule has 22 heavy (non-hydrogen) atoms. The minimum absolute atomic E-state index is 0.0355. The van der Waals surface area contributed by atoms with Crippen molar-refractivity contribution in [3.05, 3.63) is 27.9 Å². The lowest BCUT2D eigenvalue weighted by Gasteiger charge is -2.35. The van der Waals surface area contributed by atoms with E-state index in [1.54, 1.807) is 12.0 Å². The summed E-state index contributed by atoms with van der Waals surface area (Å²) in [6.07, 6.45) is 2.75. The third-order valence-corrected chi connectivity index (χ3v) is 4.09. The van der Waals surface area contributed by atoms with Gasteiger partial charge in [-0.2, -0.15) is 0 Å². The molecule has 0 bridgehead atoms. The highest BCUT2D eigenvalue weighted by Crippen LogP contribution is 2.37. The standard InChI is InChI=1S/C15H21N3O4/c1-21-6-4-11-9-22-7-5-18(11)15(20)12-8-13(19)17-14(16-12)10-2-3-10/h8,10-11H,2-7,9H2,1H3,(H,16,17,19). The van der Waals surface area contributed by atoms with Crippen LogP contribution in [0.4, 0.5) is 0 Å². The number of methoxy groups -OCH3 is 1. The Morgan fingerprint density at radius 2 is 2.36 bits per heavy atom. The second-order valence-electron chi connectivity index (χ2n) is 5.80. The summed E-state index contributed by atoms with van der Waals surface area (Å²) >= 11 is 0. The molecule has 1 atom stereocenters. The minimum Gasteiger partial charge on any atom is -0.385 e. The maximum Gasteiger partial charge on any atom is 0.273 e. The third kappa shape index (κ3) is 3.36. The van der Waals surface area contributed by atoms with Crippen molar-refractivity contribution < 1.29 is 14.3 Å². The number of carbonyl (C=O) groups is 1. The topological polar surface area (TPSA) is 84.5 Å².